The number of aromatic nitrogens is 2. The van der Waals surface area contributed by atoms with Gasteiger partial charge in [0.25, 0.3) is 0 Å². The number of nitrogen functional groups attached to an aromatic ring is 1. The van der Waals surface area contributed by atoms with Crippen LogP contribution in [-0.4, -0.2) is 9.97 Å². The van der Waals surface area contributed by atoms with Crippen molar-refractivity contribution in [2.24, 2.45) is 0 Å². The van der Waals surface area contributed by atoms with Crippen LogP contribution in [0, 0.1) is 6.92 Å². The highest BCUT2D eigenvalue weighted by atomic mass is 35.5. The van der Waals surface area contributed by atoms with E-state index in [-0.39, 0.29) is 0 Å². The first-order valence-electron chi connectivity index (χ1n) is 6.11. The summed E-state index contributed by atoms with van der Waals surface area (Å²) in [6.07, 6.45) is 0.757. The zero-order chi connectivity index (χ0) is 13.4. The molecule has 3 rings (SSSR count). The molecule has 0 saturated carbocycles. The van der Waals surface area contributed by atoms with E-state index in [1.807, 2.05) is 6.07 Å². The Morgan fingerprint density at radius 3 is 2.89 bits per heavy atom. The molecule has 0 atom stereocenters. The molecule has 96 valence electrons. The zero-order valence-corrected chi connectivity index (χ0v) is 11.3. The topological polar surface area (TPSA) is 54.7 Å². The third-order valence-electron chi connectivity index (χ3n) is 3.08. The molecule has 0 aliphatic rings. The molecule has 3 aromatic rings. The summed E-state index contributed by atoms with van der Waals surface area (Å²) in [5.41, 5.74) is 10.7. The van der Waals surface area contributed by atoms with Gasteiger partial charge in [0.15, 0.2) is 0 Å². The first-order valence-corrected chi connectivity index (χ1v) is 6.49. The zero-order valence-electron chi connectivity index (χ0n) is 10.6. The van der Waals surface area contributed by atoms with Gasteiger partial charge < -0.3 is 10.7 Å². The normalized spacial score (nSPS) is 11.1. The molecule has 0 saturated heterocycles. The molecule has 0 amide bonds. The van der Waals surface area contributed by atoms with Crippen LogP contribution in [0.4, 0.5) is 5.69 Å². The van der Waals surface area contributed by atoms with E-state index in [9.17, 15) is 0 Å². The number of nitrogens with two attached hydrogens (primary N) is 1. The minimum atomic E-state index is 0.606. The lowest BCUT2D eigenvalue weighted by molar-refractivity contribution is 1.04. The number of hydrogen-bond donors (Lipinski definition) is 2. The smallest absolute Gasteiger partial charge is 0.112 e. The van der Waals surface area contributed by atoms with Gasteiger partial charge in [0.2, 0.25) is 0 Å². The molecular weight excluding hydrogens is 258 g/mol. The van der Waals surface area contributed by atoms with E-state index in [2.05, 4.69) is 41.2 Å². The standard InChI is InChI=1S/C15H14ClN3/c1-9-3-2-4-10(5-9)6-14-18-13-8-11(16)7-12(17)15(13)19-14/h2-5,7-8H,6,17H2,1H3,(H,18,19). The number of anilines is 1. The van der Waals surface area contributed by atoms with Crippen LogP contribution in [0.3, 0.4) is 0 Å². The van der Waals surface area contributed by atoms with Gasteiger partial charge >= 0.3 is 0 Å². The molecule has 0 aliphatic heterocycles. The van der Waals surface area contributed by atoms with Crippen molar-refractivity contribution >= 4 is 28.3 Å². The Bertz CT molecular complexity index is 746. The van der Waals surface area contributed by atoms with E-state index in [1.165, 1.54) is 11.1 Å². The fourth-order valence-corrected chi connectivity index (χ4v) is 2.48. The van der Waals surface area contributed by atoms with Crippen LogP contribution in [0.25, 0.3) is 11.0 Å². The lowest BCUT2D eigenvalue weighted by Gasteiger charge is -1.99. The number of H-pyrrole nitrogens is 1. The van der Waals surface area contributed by atoms with Crippen molar-refractivity contribution in [3.63, 3.8) is 0 Å². The molecule has 0 bridgehead atoms. The second kappa shape index (κ2) is 4.59. The number of fused-ring (bicyclic) bond motifs is 1. The SMILES string of the molecule is Cc1cccc(Cc2nc3c(N)cc(Cl)cc3[nH]2)c1. The Labute approximate surface area is 116 Å². The molecule has 0 unspecified atom stereocenters. The van der Waals surface area contributed by atoms with Crippen LogP contribution < -0.4 is 5.73 Å². The summed E-state index contributed by atoms with van der Waals surface area (Å²) < 4.78 is 0. The summed E-state index contributed by atoms with van der Waals surface area (Å²) in [6.45, 7) is 2.08. The number of aryl methyl sites for hydroxylation is 1. The van der Waals surface area contributed by atoms with Crippen LogP contribution in [0.5, 0.6) is 0 Å². The molecule has 0 spiro atoms. The summed E-state index contributed by atoms with van der Waals surface area (Å²) >= 11 is 5.99. The number of aromatic amines is 1. The average Bonchev–Trinajstić information content (AvgIpc) is 2.71. The second-order valence-corrected chi connectivity index (χ2v) is 5.18. The number of halogens is 1. The molecule has 1 aromatic heterocycles. The Morgan fingerprint density at radius 2 is 2.11 bits per heavy atom. The third-order valence-corrected chi connectivity index (χ3v) is 3.30. The molecule has 4 heteroatoms. The third kappa shape index (κ3) is 2.42. The number of benzene rings is 2. The van der Waals surface area contributed by atoms with Crippen LogP contribution in [0.2, 0.25) is 5.02 Å². The lowest BCUT2D eigenvalue weighted by Crippen LogP contribution is -1.91. The minimum Gasteiger partial charge on any atom is -0.397 e. The molecule has 19 heavy (non-hydrogen) atoms. The van der Waals surface area contributed by atoms with E-state index in [0.29, 0.717) is 10.7 Å². The maximum absolute atomic E-state index is 5.99. The van der Waals surface area contributed by atoms with Crippen molar-refractivity contribution in [3.05, 3.63) is 58.4 Å². The number of nitrogens with zero attached hydrogens (tertiary/aromatic N) is 1. The van der Waals surface area contributed by atoms with Gasteiger partial charge in [0.05, 0.1) is 11.2 Å². The summed E-state index contributed by atoms with van der Waals surface area (Å²) in [7, 11) is 0. The molecule has 3 nitrogen and oxygen atoms in total. The van der Waals surface area contributed by atoms with E-state index in [1.54, 1.807) is 6.07 Å². The van der Waals surface area contributed by atoms with Gasteiger partial charge in [-0.25, -0.2) is 4.98 Å². The quantitative estimate of drug-likeness (QED) is 0.698. The fourth-order valence-electron chi connectivity index (χ4n) is 2.26. The summed E-state index contributed by atoms with van der Waals surface area (Å²) in [4.78, 5) is 7.81. The van der Waals surface area contributed by atoms with E-state index in [4.69, 9.17) is 17.3 Å². The van der Waals surface area contributed by atoms with Crippen LogP contribution in [0.1, 0.15) is 17.0 Å². The van der Waals surface area contributed by atoms with E-state index in [0.717, 1.165) is 23.3 Å². The summed E-state index contributed by atoms with van der Waals surface area (Å²) in [6, 6.07) is 12.0. The van der Waals surface area contributed by atoms with E-state index >= 15 is 0 Å². The van der Waals surface area contributed by atoms with Crippen molar-refractivity contribution in [2.45, 2.75) is 13.3 Å². The molecule has 0 aliphatic carbocycles. The maximum Gasteiger partial charge on any atom is 0.112 e. The first-order chi connectivity index (χ1) is 9.11. The molecule has 0 radical (unpaired) electrons. The predicted octanol–water partition coefficient (Wildman–Crippen LogP) is 3.70. The molecule has 3 N–H and O–H groups in total. The largest absolute Gasteiger partial charge is 0.397 e. The number of nitrogens with one attached hydrogen (secondary N) is 1. The van der Waals surface area contributed by atoms with Crippen molar-refractivity contribution < 1.29 is 0 Å². The number of imidazole rings is 1. The molecular formula is C15H14ClN3. The predicted molar refractivity (Wildman–Crippen MR) is 79.5 cm³/mol. The van der Waals surface area contributed by atoms with Crippen molar-refractivity contribution in [1.82, 2.24) is 9.97 Å². The van der Waals surface area contributed by atoms with Gasteiger partial charge in [-0.3, -0.25) is 0 Å². The summed E-state index contributed by atoms with van der Waals surface area (Å²) in [5, 5.41) is 0.621. The molecule has 0 fully saturated rings. The number of rotatable bonds is 2. The highest BCUT2D eigenvalue weighted by Crippen LogP contribution is 2.24. The van der Waals surface area contributed by atoms with Gasteiger partial charge in [-0.1, -0.05) is 41.4 Å². The fraction of sp³-hybridized carbons (Fsp3) is 0.133. The van der Waals surface area contributed by atoms with Crippen molar-refractivity contribution in [1.29, 1.82) is 0 Å². The van der Waals surface area contributed by atoms with Gasteiger partial charge in [-0.15, -0.1) is 0 Å². The summed E-state index contributed by atoms with van der Waals surface area (Å²) in [5.74, 6) is 0.898. The van der Waals surface area contributed by atoms with Crippen LogP contribution in [-0.2, 0) is 6.42 Å². The highest BCUT2D eigenvalue weighted by molar-refractivity contribution is 6.31. The Kier molecular flexibility index (Phi) is 2.91. The Morgan fingerprint density at radius 1 is 1.26 bits per heavy atom. The van der Waals surface area contributed by atoms with Crippen LogP contribution >= 0.6 is 11.6 Å². The van der Waals surface area contributed by atoms with Crippen molar-refractivity contribution in [3.8, 4) is 0 Å². The second-order valence-electron chi connectivity index (χ2n) is 4.74. The minimum absolute atomic E-state index is 0.606. The molecule has 2 aromatic carbocycles. The van der Waals surface area contributed by atoms with Gasteiger partial charge in [0.1, 0.15) is 11.3 Å². The van der Waals surface area contributed by atoms with Gasteiger partial charge in [-0.2, -0.15) is 0 Å². The van der Waals surface area contributed by atoms with Crippen LogP contribution in [0.15, 0.2) is 36.4 Å². The van der Waals surface area contributed by atoms with Crippen molar-refractivity contribution in [2.75, 3.05) is 5.73 Å². The van der Waals surface area contributed by atoms with E-state index < -0.39 is 0 Å². The first kappa shape index (κ1) is 12.1. The average molecular weight is 272 g/mol. The maximum atomic E-state index is 5.99. The highest BCUT2D eigenvalue weighted by Gasteiger charge is 2.07. The monoisotopic (exact) mass is 271 g/mol. The lowest BCUT2D eigenvalue weighted by atomic mass is 10.1. The molecule has 1 heterocycles. The number of hydrogen-bond acceptors (Lipinski definition) is 2. The van der Waals surface area contributed by atoms with Gasteiger partial charge in [-0.05, 0) is 24.6 Å². The Hall–Kier alpha value is -2.00. The Balaban J connectivity index is 2.00. The van der Waals surface area contributed by atoms with Gasteiger partial charge in [0, 0.05) is 11.4 Å².